The molecular weight excluding hydrogens is 384 g/mol. The minimum atomic E-state index is -0.245. The van der Waals surface area contributed by atoms with Crippen molar-refractivity contribution < 1.29 is 4.79 Å². The number of nitrogens with zero attached hydrogens (tertiary/aromatic N) is 3. The van der Waals surface area contributed by atoms with Gasteiger partial charge in [0.25, 0.3) is 5.91 Å². The molecule has 4 aromatic rings. The molecule has 0 fully saturated rings. The molecular formula is C26H24N4O. The lowest BCUT2D eigenvalue weighted by Gasteiger charge is -2.25. The van der Waals surface area contributed by atoms with Crippen LogP contribution in [-0.2, 0) is 6.42 Å². The number of aromatic nitrogens is 3. The highest BCUT2D eigenvalue weighted by Crippen LogP contribution is 2.30. The van der Waals surface area contributed by atoms with E-state index in [1.807, 2.05) is 67.6 Å². The van der Waals surface area contributed by atoms with Crippen LogP contribution < -0.4 is 5.32 Å². The Morgan fingerprint density at radius 3 is 2.65 bits per heavy atom. The number of amides is 1. The molecule has 0 aliphatic heterocycles. The smallest absolute Gasteiger partial charge is 0.291 e. The molecule has 154 valence electrons. The van der Waals surface area contributed by atoms with E-state index in [0.29, 0.717) is 5.82 Å². The van der Waals surface area contributed by atoms with Gasteiger partial charge in [0.15, 0.2) is 5.82 Å². The number of aryl methyl sites for hydroxylation is 2. The number of carbonyl (C=O) groups excluding carboxylic acids is 1. The van der Waals surface area contributed by atoms with Gasteiger partial charge in [-0.05, 0) is 55.0 Å². The third-order valence-corrected chi connectivity index (χ3v) is 5.76. The highest BCUT2D eigenvalue weighted by atomic mass is 16.2. The molecule has 1 aromatic heterocycles. The first-order valence-corrected chi connectivity index (χ1v) is 10.7. The standard InChI is InChI=1S/C26H24N4O/c1-18-9-7-14-21(17-18)30-25(20-11-3-2-4-12-20)28-24(29-30)26(31)27-23-16-8-13-19-10-5-6-15-22(19)23/h2-7,9-12,14-15,17,23H,8,13,16H2,1H3,(H,27,31)/t23-/m1/s1. The Hall–Kier alpha value is -3.73. The van der Waals surface area contributed by atoms with Gasteiger partial charge in [-0.25, -0.2) is 9.67 Å². The minimum absolute atomic E-state index is 0.0106. The van der Waals surface area contributed by atoms with Crippen molar-refractivity contribution in [1.29, 1.82) is 0 Å². The molecule has 31 heavy (non-hydrogen) atoms. The van der Waals surface area contributed by atoms with Gasteiger partial charge in [0.05, 0.1) is 11.7 Å². The fraction of sp³-hybridized carbons (Fsp3) is 0.192. The summed E-state index contributed by atoms with van der Waals surface area (Å²) in [5, 5.41) is 7.78. The second-order valence-corrected chi connectivity index (χ2v) is 7.99. The van der Waals surface area contributed by atoms with Crippen LogP contribution in [0.15, 0.2) is 78.9 Å². The van der Waals surface area contributed by atoms with Gasteiger partial charge >= 0.3 is 0 Å². The summed E-state index contributed by atoms with van der Waals surface area (Å²) in [4.78, 5) is 17.8. The number of nitrogens with one attached hydrogen (secondary N) is 1. The van der Waals surface area contributed by atoms with Crippen molar-refractivity contribution >= 4 is 5.91 Å². The van der Waals surface area contributed by atoms with Gasteiger partial charge in [0.1, 0.15) is 0 Å². The summed E-state index contributed by atoms with van der Waals surface area (Å²) in [7, 11) is 0. The van der Waals surface area contributed by atoms with Crippen LogP contribution in [0.1, 0.15) is 46.2 Å². The number of hydrogen-bond donors (Lipinski definition) is 1. The molecule has 3 aromatic carbocycles. The maximum atomic E-state index is 13.2. The van der Waals surface area contributed by atoms with Gasteiger partial charge < -0.3 is 5.32 Å². The summed E-state index contributed by atoms with van der Waals surface area (Å²) < 4.78 is 1.76. The van der Waals surface area contributed by atoms with Crippen LogP contribution in [-0.4, -0.2) is 20.7 Å². The van der Waals surface area contributed by atoms with Crippen LogP contribution in [0.2, 0.25) is 0 Å². The molecule has 5 nitrogen and oxygen atoms in total. The maximum Gasteiger partial charge on any atom is 0.291 e. The van der Waals surface area contributed by atoms with E-state index in [1.54, 1.807) is 4.68 Å². The Morgan fingerprint density at radius 1 is 1.00 bits per heavy atom. The zero-order valence-electron chi connectivity index (χ0n) is 17.5. The molecule has 0 unspecified atom stereocenters. The summed E-state index contributed by atoms with van der Waals surface area (Å²) in [6.45, 7) is 2.04. The lowest BCUT2D eigenvalue weighted by Crippen LogP contribution is -2.31. The molecule has 0 radical (unpaired) electrons. The molecule has 1 amide bonds. The van der Waals surface area contributed by atoms with E-state index < -0.39 is 0 Å². The Labute approximate surface area is 181 Å². The zero-order chi connectivity index (χ0) is 21.2. The van der Waals surface area contributed by atoms with Crippen LogP contribution >= 0.6 is 0 Å². The molecule has 0 spiro atoms. The lowest BCUT2D eigenvalue weighted by atomic mass is 9.88. The van der Waals surface area contributed by atoms with Gasteiger partial charge in [-0.15, -0.1) is 5.10 Å². The lowest BCUT2D eigenvalue weighted by molar-refractivity contribution is 0.0922. The van der Waals surface area contributed by atoms with E-state index in [2.05, 4.69) is 33.6 Å². The van der Waals surface area contributed by atoms with Crippen molar-refractivity contribution in [3.63, 3.8) is 0 Å². The third kappa shape index (κ3) is 3.87. The van der Waals surface area contributed by atoms with E-state index in [1.165, 1.54) is 11.1 Å². The summed E-state index contributed by atoms with van der Waals surface area (Å²) in [6.07, 6.45) is 3.04. The summed E-state index contributed by atoms with van der Waals surface area (Å²) in [5.74, 6) is 0.592. The first kappa shape index (κ1) is 19.2. The van der Waals surface area contributed by atoms with Gasteiger partial charge in [-0.3, -0.25) is 4.79 Å². The quantitative estimate of drug-likeness (QED) is 0.514. The van der Waals surface area contributed by atoms with Crippen LogP contribution in [0.4, 0.5) is 0 Å². The molecule has 0 bridgehead atoms. The fourth-order valence-electron chi connectivity index (χ4n) is 4.25. The summed E-state index contributed by atoms with van der Waals surface area (Å²) in [5.41, 5.74) is 5.43. The highest BCUT2D eigenvalue weighted by molar-refractivity contribution is 5.91. The molecule has 0 saturated heterocycles. The second kappa shape index (κ2) is 8.19. The van der Waals surface area contributed by atoms with Crippen LogP contribution in [0.5, 0.6) is 0 Å². The Balaban J connectivity index is 1.51. The van der Waals surface area contributed by atoms with Gasteiger partial charge in [-0.1, -0.05) is 66.7 Å². The van der Waals surface area contributed by atoms with Gasteiger partial charge in [0.2, 0.25) is 5.82 Å². The van der Waals surface area contributed by atoms with E-state index in [4.69, 9.17) is 0 Å². The second-order valence-electron chi connectivity index (χ2n) is 7.99. The Morgan fingerprint density at radius 2 is 1.81 bits per heavy atom. The molecule has 0 saturated carbocycles. The normalized spacial score (nSPS) is 15.3. The monoisotopic (exact) mass is 408 g/mol. The molecule has 1 N–H and O–H groups in total. The predicted octanol–water partition coefficient (Wildman–Crippen LogP) is 5.05. The first-order valence-electron chi connectivity index (χ1n) is 10.7. The Kier molecular flexibility index (Phi) is 5.08. The Bertz CT molecular complexity index is 1230. The average Bonchev–Trinajstić information content (AvgIpc) is 3.26. The van der Waals surface area contributed by atoms with Crippen LogP contribution in [0, 0.1) is 6.92 Å². The van der Waals surface area contributed by atoms with Crippen molar-refractivity contribution in [3.8, 4) is 17.1 Å². The number of benzene rings is 3. The van der Waals surface area contributed by atoms with Gasteiger partial charge in [0, 0.05) is 5.56 Å². The number of hydrogen-bond acceptors (Lipinski definition) is 3. The first-order chi connectivity index (χ1) is 15.2. The van der Waals surface area contributed by atoms with Crippen molar-refractivity contribution in [2.45, 2.75) is 32.2 Å². The molecule has 1 aliphatic carbocycles. The predicted molar refractivity (Wildman–Crippen MR) is 121 cm³/mol. The number of fused-ring (bicyclic) bond motifs is 1. The molecule has 1 atom stereocenters. The van der Waals surface area contributed by atoms with Gasteiger partial charge in [-0.2, -0.15) is 0 Å². The third-order valence-electron chi connectivity index (χ3n) is 5.76. The van der Waals surface area contributed by atoms with Crippen molar-refractivity contribution in [3.05, 3.63) is 101 Å². The minimum Gasteiger partial charge on any atom is -0.342 e. The van der Waals surface area contributed by atoms with E-state index >= 15 is 0 Å². The average molecular weight is 409 g/mol. The molecule has 5 heteroatoms. The molecule has 1 heterocycles. The van der Waals surface area contributed by atoms with E-state index in [0.717, 1.165) is 36.1 Å². The largest absolute Gasteiger partial charge is 0.342 e. The fourth-order valence-corrected chi connectivity index (χ4v) is 4.25. The van der Waals surface area contributed by atoms with Crippen molar-refractivity contribution in [2.75, 3.05) is 0 Å². The van der Waals surface area contributed by atoms with Crippen LogP contribution in [0.3, 0.4) is 0 Å². The SMILES string of the molecule is Cc1cccc(-n2nc(C(=O)N[C@@H]3CCCc4ccccc43)nc2-c2ccccc2)c1. The summed E-state index contributed by atoms with van der Waals surface area (Å²) in [6, 6.07) is 26.2. The maximum absolute atomic E-state index is 13.2. The molecule has 1 aliphatic rings. The van der Waals surface area contributed by atoms with E-state index in [-0.39, 0.29) is 17.8 Å². The number of carbonyl (C=O) groups is 1. The van der Waals surface area contributed by atoms with Crippen LogP contribution in [0.25, 0.3) is 17.1 Å². The highest BCUT2D eigenvalue weighted by Gasteiger charge is 2.25. The molecule has 5 rings (SSSR count). The van der Waals surface area contributed by atoms with Crippen molar-refractivity contribution in [2.24, 2.45) is 0 Å². The van der Waals surface area contributed by atoms with E-state index in [9.17, 15) is 4.79 Å². The number of rotatable bonds is 4. The summed E-state index contributed by atoms with van der Waals surface area (Å²) >= 11 is 0. The zero-order valence-corrected chi connectivity index (χ0v) is 17.5. The topological polar surface area (TPSA) is 59.8 Å². The van der Waals surface area contributed by atoms with Crippen molar-refractivity contribution in [1.82, 2.24) is 20.1 Å².